The van der Waals surface area contributed by atoms with Crippen LogP contribution in [0, 0.1) is 11.6 Å². The van der Waals surface area contributed by atoms with E-state index in [2.05, 4.69) is 20.3 Å². The number of nitrogens with zero attached hydrogens (tertiary/aromatic N) is 3. The first-order valence-electron chi connectivity index (χ1n) is 7.10. The van der Waals surface area contributed by atoms with Crippen LogP contribution in [0.5, 0.6) is 0 Å². The van der Waals surface area contributed by atoms with Crippen LogP contribution in [-0.2, 0) is 0 Å². The van der Waals surface area contributed by atoms with Crippen molar-refractivity contribution in [1.82, 2.24) is 4.98 Å². The zero-order chi connectivity index (χ0) is 18.8. The van der Waals surface area contributed by atoms with E-state index >= 15 is 0 Å². The molecule has 26 heavy (non-hydrogen) atoms. The predicted octanol–water partition coefficient (Wildman–Crippen LogP) is 3.00. The highest BCUT2D eigenvalue weighted by Crippen LogP contribution is 2.29. The van der Waals surface area contributed by atoms with Crippen LogP contribution in [0.3, 0.4) is 0 Å². The third-order valence-electron chi connectivity index (χ3n) is 3.36. The lowest BCUT2D eigenvalue weighted by Gasteiger charge is -2.08. The van der Waals surface area contributed by atoms with Crippen molar-refractivity contribution in [3.63, 3.8) is 0 Å². The molecular formula is C16H10ClF2N5O2. The number of nitrogens with one attached hydrogen (secondary N) is 1. The molecule has 1 aliphatic rings. The summed E-state index contributed by atoms with van der Waals surface area (Å²) in [4.78, 5) is 23.1. The fraction of sp³-hybridized carbons (Fsp3) is 0. The van der Waals surface area contributed by atoms with Crippen LogP contribution >= 0.6 is 11.6 Å². The standard InChI is InChI=1S/C16H10ClF2N5O2/c17-8(5-20)13-22-11-4-7(16(25)26)6-21-14(11)24-15(23-13)12-9(18)2-1-3-10(12)19/h1-6H,20H2,(H,25,26)(H,21,22,23,24)/b8-5+. The Morgan fingerprint density at radius 2 is 1.96 bits per heavy atom. The fourth-order valence-electron chi connectivity index (χ4n) is 2.16. The van der Waals surface area contributed by atoms with Crippen molar-refractivity contribution in [3.05, 3.63) is 64.5 Å². The second-order valence-electron chi connectivity index (χ2n) is 5.03. The molecular weight excluding hydrogens is 368 g/mol. The Hall–Kier alpha value is -3.33. The third kappa shape index (κ3) is 3.24. The van der Waals surface area contributed by atoms with Gasteiger partial charge in [-0.2, -0.15) is 0 Å². The van der Waals surface area contributed by atoms with Crippen molar-refractivity contribution >= 4 is 40.7 Å². The van der Waals surface area contributed by atoms with Crippen LogP contribution in [-0.4, -0.2) is 27.7 Å². The normalized spacial score (nSPS) is 13.9. The Labute approximate surface area is 150 Å². The summed E-state index contributed by atoms with van der Waals surface area (Å²) < 4.78 is 28.3. The quantitative estimate of drug-likeness (QED) is 0.761. The van der Waals surface area contributed by atoms with Crippen molar-refractivity contribution in [2.45, 2.75) is 0 Å². The van der Waals surface area contributed by atoms with Crippen LogP contribution in [0.15, 0.2) is 51.7 Å². The molecule has 3 rings (SSSR count). The summed E-state index contributed by atoms with van der Waals surface area (Å²) in [6.45, 7) is 0. The molecule has 0 atom stereocenters. The fourth-order valence-corrected chi connectivity index (χ4v) is 2.25. The first-order chi connectivity index (χ1) is 12.4. The zero-order valence-electron chi connectivity index (χ0n) is 12.9. The SMILES string of the molecule is N/C=C(/Cl)C1=NC(c2c(F)cccc2F)=Nc2ncc(C(=O)O)cc2N1. The molecule has 132 valence electrons. The number of aromatic carboxylic acids is 1. The smallest absolute Gasteiger partial charge is 0.337 e. The van der Waals surface area contributed by atoms with E-state index in [0.717, 1.165) is 24.5 Å². The summed E-state index contributed by atoms with van der Waals surface area (Å²) in [6.07, 6.45) is 2.08. The lowest BCUT2D eigenvalue weighted by molar-refractivity contribution is 0.0696. The maximum atomic E-state index is 14.1. The highest BCUT2D eigenvalue weighted by atomic mass is 35.5. The molecule has 2 aromatic rings. The summed E-state index contributed by atoms with van der Waals surface area (Å²) in [5, 5.41) is 11.8. The number of aromatic nitrogens is 1. The molecule has 0 amide bonds. The predicted molar refractivity (Wildman–Crippen MR) is 92.9 cm³/mol. The molecule has 4 N–H and O–H groups in total. The molecule has 7 nitrogen and oxygen atoms in total. The van der Waals surface area contributed by atoms with E-state index in [1.54, 1.807) is 0 Å². The molecule has 1 aromatic heterocycles. The van der Waals surface area contributed by atoms with Crippen molar-refractivity contribution in [3.8, 4) is 0 Å². The molecule has 0 bridgehead atoms. The lowest BCUT2D eigenvalue weighted by atomic mass is 10.2. The Balaban J connectivity index is 2.26. The number of fused-ring (bicyclic) bond motifs is 1. The molecule has 0 spiro atoms. The molecule has 10 heteroatoms. The number of carboxylic acids is 1. The highest BCUT2D eigenvalue weighted by molar-refractivity contribution is 6.46. The van der Waals surface area contributed by atoms with Gasteiger partial charge in [0.05, 0.1) is 21.8 Å². The monoisotopic (exact) mass is 377 g/mol. The Morgan fingerprint density at radius 3 is 2.58 bits per heavy atom. The van der Waals surface area contributed by atoms with Gasteiger partial charge in [-0.05, 0) is 18.2 Å². The van der Waals surface area contributed by atoms with Crippen molar-refractivity contribution in [2.75, 3.05) is 5.32 Å². The first kappa shape index (κ1) is 17.5. The second-order valence-corrected chi connectivity index (χ2v) is 5.44. The van der Waals surface area contributed by atoms with Gasteiger partial charge in [-0.15, -0.1) is 0 Å². The maximum absolute atomic E-state index is 14.1. The number of anilines is 1. The van der Waals surface area contributed by atoms with E-state index in [1.165, 1.54) is 12.1 Å². The molecule has 0 saturated carbocycles. The van der Waals surface area contributed by atoms with Gasteiger partial charge in [0.25, 0.3) is 0 Å². The number of rotatable bonds is 3. The lowest BCUT2D eigenvalue weighted by Crippen LogP contribution is -2.16. The van der Waals surface area contributed by atoms with E-state index in [4.69, 9.17) is 22.4 Å². The van der Waals surface area contributed by atoms with Gasteiger partial charge in [0.15, 0.2) is 17.5 Å². The molecule has 0 aliphatic carbocycles. The maximum Gasteiger partial charge on any atom is 0.337 e. The minimum atomic E-state index is -1.21. The van der Waals surface area contributed by atoms with Crippen LogP contribution < -0.4 is 11.1 Å². The Morgan fingerprint density at radius 1 is 1.27 bits per heavy atom. The molecule has 2 heterocycles. The number of carboxylic acid groups (broad SMARTS) is 1. The summed E-state index contributed by atoms with van der Waals surface area (Å²) in [5.74, 6) is -3.41. The number of carbonyl (C=O) groups is 1. The first-order valence-corrected chi connectivity index (χ1v) is 7.48. The number of pyridine rings is 1. The van der Waals surface area contributed by atoms with E-state index in [-0.39, 0.29) is 33.8 Å². The van der Waals surface area contributed by atoms with Crippen LogP contribution in [0.4, 0.5) is 20.3 Å². The van der Waals surface area contributed by atoms with Gasteiger partial charge in [0, 0.05) is 12.4 Å². The van der Waals surface area contributed by atoms with E-state index in [9.17, 15) is 13.6 Å². The molecule has 1 aromatic carbocycles. The summed E-state index contributed by atoms with van der Waals surface area (Å²) in [7, 11) is 0. The molecule has 0 unspecified atom stereocenters. The largest absolute Gasteiger partial charge is 0.478 e. The number of amidine groups is 2. The van der Waals surface area contributed by atoms with Gasteiger partial charge < -0.3 is 16.2 Å². The topological polar surface area (TPSA) is 113 Å². The molecule has 0 saturated heterocycles. The summed E-state index contributed by atoms with van der Waals surface area (Å²) >= 11 is 5.98. The number of aliphatic imine (C=N–C) groups is 2. The number of hydrogen-bond acceptors (Lipinski definition) is 6. The van der Waals surface area contributed by atoms with E-state index < -0.39 is 23.2 Å². The molecule has 0 radical (unpaired) electrons. The van der Waals surface area contributed by atoms with Crippen molar-refractivity contribution in [1.29, 1.82) is 0 Å². The van der Waals surface area contributed by atoms with Gasteiger partial charge in [-0.3, -0.25) is 0 Å². The van der Waals surface area contributed by atoms with Crippen molar-refractivity contribution < 1.29 is 18.7 Å². The number of hydrogen-bond donors (Lipinski definition) is 3. The highest BCUT2D eigenvalue weighted by Gasteiger charge is 2.22. The number of nitrogens with two attached hydrogens (primary N) is 1. The minimum absolute atomic E-state index is 0.0205. The van der Waals surface area contributed by atoms with E-state index in [1.807, 2.05) is 0 Å². The molecule has 0 fully saturated rings. The van der Waals surface area contributed by atoms with Crippen LogP contribution in [0.25, 0.3) is 0 Å². The molecule has 1 aliphatic heterocycles. The van der Waals surface area contributed by atoms with Gasteiger partial charge in [-0.25, -0.2) is 28.5 Å². The Kier molecular flexibility index (Phi) is 4.63. The number of halogens is 3. The van der Waals surface area contributed by atoms with Crippen LogP contribution in [0.1, 0.15) is 15.9 Å². The van der Waals surface area contributed by atoms with Crippen LogP contribution in [0.2, 0.25) is 0 Å². The number of benzene rings is 1. The second kappa shape index (κ2) is 6.89. The average molecular weight is 378 g/mol. The minimum Gasteiger partial charge on any atom is -0.478 e. The van der Waals surface area contributed by atoms with E-state index in [0.29, 0.717) is 0 Å². The van der Waals surface area contributed by atoms with Gasteiger partial charge in [0.1, 0.15) is 11.6 Å². The van der Waals surface area contributed by atoms with Gasteiger partial charge in [-0.1, -0.05) is 17.7 Å². The van der Waals surface area contributed by atoms with Gasteiger partial charge >= 0.3 is 5.97 Å². The Bertz CT molecular complexity index is 984. The van der Waals surface area contributed by atoms with Crippen molar-refractivity contribution in [2.24, 2.45) is 15.7 Å². The zero-order valence-corrected chi connectivity index (χ0v) is 13.6. The van der Waals surface area contributed by atoms with Gasteiger partial charge in [0.2, 0.25) is 0 Å². The summed E-state index contributed by atoms with van der Waals surface area (Å²) in [5.41, 5.74) is 4.91. The third-order valence-corrected chi connectivity index (χ3v) is 3.66. The average Bonchev–Trinajstić information content (AvgIpc) is 2.79. The summed E-state index contributed by atoms with van der Waals surface area (Å²) in [6, 6.07) is 4.55.